The molecular weight excluding hydrogens is 174 g/mol. The zero-order valence-corrected chi connectivity index (χ0v) is 7.93. The summed E-state index contributed by atoms with van der Waals surface area (Å²) in [5.74, 6) is 0. The van der Waals surface area contributed by atoms with Gasteiger partial charge in [-0.25, -0.2) is 0 Å². The molecule has 0 atom stereocenters. The summed E-state index contributed by atoms with van der Waals surface area (Å²) in [4.78, 5) is 0. The summed E-state index contributed by atoms with van der Waals surface area (Å²) in [7, 11) is 0. The van der Waals surface area contributed by atoms with E-state index in [1.807, 2.05) is 18.2 Å². The Hall–Kier alpha value is -1.54. The molecular formula is C12H13NO. The van der Waals surface area contributed by atoms with Crippen LogP contribution in [0.3, 0.4) is 0 Å². The van der Waals surface area contributed by atoms with Crippen molar-refractivity contribution < 1.29 is 5.11 Å². The van der Waals surface area contributed by atoms with Crippen molar-refractivity contribution in [3.8, 4) is 0 Å². The zero-order chi connectivity index (χ0) is 9.80. The minimum absolute atomic E-state index is 0.110. The third-order valence-corrected chi connectivity index (χ3v) is 2.25. The molecule has 1 N–H and O–H groups in total. The van der Waals surface area contributed by atoms with Crippen LogP contribution in [0.5, 0.6) is 0 Å². The number of benzene rings is 1. The van der Waals surface area contributed by atoms with Crippen molar-refractivity contribution in [2.24, 2.45) is 0 Å². The number of para-hydroxylation sites is 1. The average Bonchev–Trinajstić information content (AvgIpc) is 2.63. The van der Waals surface area contributed by atoms with E-state index in [0.717, 1.165) is 6.54 Å². The number of nitrogens with zero attached hydrogens (tertiary/aromatic N) is 1. The van der Waals surface area contributed by atoms with Crippen LogP contribution in [-0.2, 0) is 6.54 Å². The fraction of sp³-hybridized carbons (Fsp3) is 0.167. The molecule has 1 heterocycles. The van der Waals surface area contributed by atoms with Gasteiger partial charge in [0, 0.05) is 18.3 Å². The van der Waals surface area contributed by atoms with Gasteiger partial charge in [0.05, 0.1) is 6.61 Å². The van der Waals surface area contributed by atoms with Crippen molar-refractivity contribution in [1.29, 1.82) is 0 Å². The number of rotatable bonds is 3. The summed E-state index contributed by atoms with van der Waals surface area (Å²) in [6.45, 7) is 0.924. The van der Waals surface area contributed by atoms with Crippen LogP contribution in [0.25, 0.3) is 10.9 Å². The second-order valence-corrected chi connectivity index (χ2v) is 3.18. The van der Waals surface area contributed by atoms with Crippen LogP contribution in [0.15, 0.2) is 48.7 Å². The lowest BCUT2D eigenvalue weighted by Gasteiger charge is -1.99. The molecule has 0 saturated heterocycles. The molecule has 0 radical (unpaired) electrons. The predicted molar refractivity (Wildman–Crippen MR) is 58.2 cm³/mol. The van der Waals surface area contributed by atoms with Crippen molar-refractivity contribution in [3.05, 3.63) is 48.7 Å². The maximum Gasteiger partial charge on any atom is 0.0613 e. The fourth-order valence-electron chi connectivity index (χ4n) is 1.56. The zero-order valence-electron chi connectivity index (χ0n) is 7.93. The Morgan fingerprint density at radius 3 is 2.86 bits per heavy atom. The van der Waals surface area contributed by atoms with Gasteiger partial charge in [-0.05, 0) is 17.5 Å². The summed E-state index contributed by atoms with van der Waals surface area (Å²) in [5.41, 5.74) is 1.23. The highest BCUT2D eigenvalue weighted by Crippen LogP contribution is 2.14. The van der Waals surface area contributed by atoms with Gasteiger partial charge in [-0.15, -0.1) is 0 Å². The summed E-state index contributed by atoms with van der Waals surface area (Å²) in [6, 6.07) is 10.4. The maximum absolute atomic E-state index is 8.61. The molecule has 1 aromatic heterocycles. The van der Waals surface area contributed by atoms with E-state index < -0.39 is 0 Å². The first-order valence-corrected chi connectivity index (χ1v) is 4.71. The highest BCUT2D eigenvalue weighted by Gasteiger charge is 1.96. The first-order valence-electron chi connectivity index (χ1n) is 4.71. The van der Waals surface area contributed by atoms with Gasteiger partial charge in [0.2, 0.25) is 0 Å². The molecule has 0 saturated carbocycles. The normalized spacial score (nSPS) is 11.5. The van der Waals surface area contributed by atoms with E-state index >= 15 is 0 Å². The SMILES string of the molecule is OC/C=C/Cn1ccc2ccccc21. The highest BCUT2D eigenvalue weighted by molar-refractivity contribution is 5.79. The van der Waals surface area contributed by atoms with Gasteiger partial charge in [-0.3, -0.25) is 0 Å². The molecule has 0 bridgehead atoms. The molecule has 0 spiro atoms. The Morgan fingerprint density at radius 2 is 2.00 bits per heavy atom. The summed E-state index contributed by atoms with van der Waals surface area (Å²) >= 11 is 0. The molecule has 0 aliphatic heterocycles. The Balaban J connectivity index is 2.29. The van der Waals surface area contributed by atoms with E-state index in [-0.39, 0.29) is 6.61 Å². The number of allylic oxidation sites excluding steroid dienone is 1. The molecule has 1 aromatic carbocycles. The van der Waals surface area contributed by atoms with Crippen LogP contribution in [0, 0.1) is 0 Å². The van der Waals surface area contributed by atoms with Crippen LogP contribution < -0.4 is 0 Å². The molecule has 2 heteroatoms. The van der Waals surface area contributed by atoms with Crippen LogP contribution in [0.2, 0.25) is 0 Å². The second kappa shape index (κ2) is 4.11. The minimum atomic E-state index is 0.110. The molecule has 0 fully saturated rings. The Kier molecular flexibility index (Phi) is 2.65. The molecule has 72 valence electrons. The van der Waals surface area contributed by atoms with Crippen LogP contribution in [0.4, 0.5) is 0 Å². The topological polar surface area (TPSA) is 25.2 Å². The monoisotopic (exact) mass is 187 g/mol. The standard InChI is InChI=1S/C12H13NO/c14-10-4-3-8-13-9-7-11-5-1-2-6-12(11)13/h1-7,9,14H,8,10H2/b4-3+. The van der Waals surface area contributed by atoms with Gasteiger partial charge < -0.3 is 9.67 Å². The lowest BCUT2D eigenvalue weighted by Crippen LogP contribution is -1.92. The van der Waals surface area contributed by atoms with Gasteiger partial charge in [0.15, 0.2) is 0 Å². The lowest BCUT2D eigenvalue weighted by atomic mass is 10.2. The van der Waals surface area contributed by atoms with Crippen molar-refractivity contribution in [2.75, 3.05) is 6.61 Å². The third kappa shape index (κ3) is 1.70. The number of fused-ring (bicyclic) bond motifs is 1. The quantitative estimate of drug-likeness (QED) is 0.732. The van der Waals surface area contributed by atoms with Crippen molar-refractivity contribution in [3.63, 3.8) is 0 Å². The summed E-state index contributed by atoms with van der Waals surface area (Å²) in [5, 5.41) is 9.87. The number of aliphatic hydroxyl groups excluding tert-OH is 1. The molecule has 14 heavy (non-hydrogen) atoms. The lowest BCUT2D eigenvalue weighted by molar-refractivity contribution is 0.342. The average molecular weight is 187 g/mol. The smallest absolute Gasteiger partial charge is 0.0613 e. The minimum Gasteiger partial charge on any atom is -0.392 e. The predicted octanol–water partition coefficient (Wildman–Crippen LogP) is 2.19. The Bertz CT molecular complexity index is 442. The number of aromatic nitrogens is 1. The molecule has 2 rings (SSSR count). The van der Waals surface area contributed by atoms with Crippen molar-refractivity contribution in [1.82, 2.24) is 4.57 Å². The molecule has 0 unspecified atom stereocenters. The Morgan fingerprint density at radius 1 is 1.14 bits per heavy atom. The van der Waals surface area contributed by atoms with E-state index in [9.17, 15) is 0 Å². The largest absolute Gasteiger partial charge is 0.392 e. The van der Waals surface area contributed by atoms with E-state index in [4.69, 9.17) is 5.11 Å². The molecule has 0 aliphatic rings. The third-order valence-electron chi connectivity index (χ3n) is 2.25. The highest BCUT2D eigenvalue weighted by atomic mass is 16.2. The number of aliphatic hydroxyl groups is 1. The molecule has 2 aromatic rings. The molecule has 0 amide bonds. The Labute approximate surface area is 83.1 Å². The van der Waals surface area contributed by atoms with E-state index in [0.29, 0.717) is 0 Å². The van der Waals surface area contributed by atoms with Gasteiger partial charge >= 0.3 is 0 Å². The first kappa shape index (κ1) is 9.03. The summed E-state index contributed by atoms with van der Waals surface area (Å²) < 4.78 is 2.15. The van der Waals surface area contributed by atoms with Gasteiger partial charge in [-0.2, -0.15) is 0 Å². The van der Waals surface area contributed by atoms with Crippen LogP contribution in [-0.4, -0.2) is 16.3 Å². The van der Waals surface area contributed by atoms with E-state index in [1.54, 1.807) is 6.08 Å². The van der Waals surface area contributed by atoms with Gasteiger partial charge in [0.25, 0.3) is 0 Å². The second-order valence-electron chi connectivity index (χ2n) is 3.18. The van der Waals surface area contributed by atoms with Crippen LogP contribution in [0.1, 0.15) is 0 Å². The van der Waals surface area contributed by atoms with Gasteiger partial charge in [0.1, 0.15) is 0 Å². The molecule has 2 nitrogen and oxygen atoms in total. The molecule has 0 aliphatic carbocycles. The number of hydrogen-bond acceptors (Lipinski definition) is 1. The van der Waals surface area contributed by atoms with E-state index in [1.165, 1.54) is 10.9 Å². The number of hydrogen-bond donors (Lipinski definition) is 1. The van der Waals surface area contributed by atoms with E-state index in [2.05, 4.69) is 29.0 Å². The van der Waals surface area contributed by atoms with Crippen molar-refractivity contribution in [2.45, 2.75) is 6.54 Å². The maximum atomic E-state index is 8.61. The first-order chi connectivity index (χ1) is 6.92. The summed E-state index contributed by atoms with van der Waals surface area (Å²) in [6.07, 6.45) is 5.79. The van der Waals surface area contributed by atoms with Crippen LogP contribution >= 0.6 is 0 Å². The van der Waals surface area contributed by atoms with Crippen molar-refractivity contribution >= 4 is 10.9 Å². The van der Waals surface area contributed by atoms with Gasteiger partial charge in [-0.1, -0.05) is 30.4 Å². The fourth-order valence-corrected chi connectivity index (χ4v) is 1.56.